The van der Waals surface area contributed by atoms with Crippen molar-refractivity contribution in [3.8, 4) is 0 Å². The molecule has 0 nitrogen and oxygen atoms in total. The summed E-state index contributed by atoms with van der Waals surface area (Å²) in [5, 5.41) is 0. The summed E-state index contributed by atoms with van der Waals surface area (Å²) in [6.45, 7) is 0. The molecule has 0 aromatic heterocycles. The second-order valence-electron chi connectivity index (χ2n) is 0. The molecule has 0 aromatic carbocycles. The first-order chi connectivity index (χ1) is 0. The molecule has 0 radical (unpaired) electrons. The second-order valence-corrected chi connectivity index (χ2v) is 0. The third-order valence-electron chi connectivity index (χ3n) is 0. The first-order valence-corrected chi connectivity index (χ1v) is 0. The van der Waals surface area contributed by atoms with Gasteiger partial charge in [0.2, 0.25) is 0 Å². The average Bonchev–Trinajstić information content (AvgIpc) is 0. The van der Waals surface area contributed by atoms with E-state index in [0.717, 1.165) is 0 Å². The fourth-order valence-corrected chi connectivity index (χ4v) is 0. The summed E-state index contributed by atoms with van der Waals surface area (Å²) >= 11 is 0. The van der Waals surface area contributed by atoms with Crippen LogP contribution in [0.1, 0.15) is 0 Å². The molecule has 0 aliphatic heterocycles. The van der Waals surface area contributed by atoms with E-state index in [9.17, 15) is 0 Å². The van der Waals surface area contributed by atoms with Crippen molar-refractivity contribution in [3.05, 3.63) is 0 Å². The Morgan fingerprint density at radius 3 is 1.00 bits per heavy atom. The normalized spacial score (nSPS) is 0. The van der Waals surface area contributed by atoms with Crippen molar-refractivity contribution in [2.24, 2.45) is 0 Å². The van der Waals surface area contributed by atoms with Crippen molar-refractivity contribution in [2.75, 3.05) is 0 Å². The van der Waals surface area contributed by atoms with Gasteiger partial charge in [-0.05, 0) is 0 Å². The quantitative estimate of drug-likeness (QED) is 0.311. The van der Waals surface area contributed by atoms with Gasteiger partial charge in [0.25, 0.3) is 0 Å². The topological polar surface area (TPSA) is 0 Å². The molecule has 0 aliphatic rings. The SMILES string of the molecule is B.[MgH2].[NaH].[Zn]. The van der Waals surface area contributed by atoms with Crippen molar-refractivity contribution in [2.45, 2.75) is 0 Å². The van der Waals surface area contributed by atoms with Gasteiger partial charge in [-0.15, -0.1) is 0 Å². The summed E-state index contributed by atoms with van der Waals surface area (Å²) in [5.74, 6) is 0. The van der Waals surface area contributed by atoms with Gasteiger partial charge in [-0.25, -0.2) is 0 Å². The molecule has 0 heterocycles. The molecule has 4 heteroatoms. The molecule has 0 saturated carbocycles. The van der Waals surface area contributed by atoms with Crippen molar-refractivity contribution < 1.29 is 19.5 Å². The Morgan fingerprint density at radius 2 is 1.00 bits per heavy atom. The number of hydrogen-bond acceptors (Lipinski definition) is 0. The molecule has 0 aliphatic carbocycles. The fourth-order valence-electron chi connectivity index (χ4n) is 0. The molecule has 0 unspecified atom stereocenters. The molecule has 0 rings (SSSR count). The largest absolute Gasteiger partial charge is 0 e. The van der Waals surface area contributed by atoms with Crippen molar-refractivity contribution in [1.82, 2.24) is 0 Å². The maximum atomic E-state index is 0. The van der Waals surface area contributed by atoms with Gasteiger partial charge in [0.1, 0.15) is 0 Å². The van der Waals surface area contributed by atoms with E-state index in [1.165, 1.54) is 0 Å². The van der Waals surface area contributed by atoms with Gasteiger partial charge >= 0.3 is 52.6 Å². The van der Waals surface area contributed by atoms with E-state index in [4.69, 9.17) is 0 Å². The molecule has 4 heavy (non-hydrogen) atoms. The smallest absolute Gasteiger partial charge is 0 e. The van der Waals surface area contributed by atoms with Crippen LogP contribution < -0.4 is 0 Å². The van der Waals surface area contributed by atoms with Gasteiger partial charge < -0.3 is 0 Å². The van der Waals surface area contributed by atoms with Crippen molar-refractivity contribution in [1.29, 1.82) is 0 Å². The van der Waals surface area contributed by atoms with E-state index in [-0.39, 0.29) is 80.5 Å². The van der Waals surface area contributed by atoms with Crippen LogP contribution in [0.15, 0.2) is 0 Å². The van der Waals surface area contributed by atoms with Crippen LogP contribution in [0.4, 0.5) is 0 Å². The summed E-state index contributed by atoms with van der Waals surface area (Å²) in [6, 6.07) is 0. The van der Waals surface area contributed by atoms with E-state index < -0.39 is 0 Å². The standard InChI is InChI=1S/BH3.Mg.Na.Zn.3H/h1H3;;;;;;. The maximum Gasteiger partial charge on any atom is 0 e. The van der Waals surface area contributed by atoms with E-state index in [2.05, 4.69) is 0 Å². The average molecular weight is 130 g/mol. The maximum absolute atomic E-state index is 0. The van der Waals surface area contributed by atoms with Crippen LogP contribution in [0.2, 0.25) is 0 Å². The Kier molecular flexibility index (Phi) is 143. The van der Waals surface area contributed by atoms with Gasteiger partial charge in [0.15, 0.2) is 0 Å². The Balaban J connectivity index is 0. The van der Waals surface area contributed by atoms with Crippen molar-refractivity contribution >= 4 is 61.0 Å². The Bertz CT molecular complexity index is 8.00. The minimum atomic E-state index is 0. The summed E-state index contributed by atoms with van der Waals surface area (Å²) in [7, 11) is 0. The zero-order valence-electron chi connectivity index (χ0n) is 0.707. The zero-order chi connectivity index (χ0) is 0. The van der Waals surface area contributed by atoms with Crippen LogP contribution in [-0.2, 0) is 19.5 Å². The van der Waals surface area contributed by atoms with E-state index >= 15 is 0 Å². The zero-order valence-corrected chi connectivity index (χ0v) is 3.67. The Morgan fingerprint density at radius 1 is 1.00 bits per heavy atom. The van der Waals surface area contributed by atoms with Crippen LogP contribution in [0.25, 0.3) is 0 Å². The Labute approximate surface area is 79.3 Å². The van der Waals surface area contributed by atoms with E-state index in [1.54, 1.807) is 0 Å². The third-order valence-corrected chi connectivity index (χ3v) is 0. The molecular formula is H6BMgNaZn. The second kappa shape index (κ2) is 18.0. The van der Waals surface area contributed by atoms with Crippen LogP contribution in [0.3, 0.4) is 0 Å². The van der Waals surface area contributed by atoms with Gasteiger partial charge in [-0.1, -0.05) is 0 Å². The molecule has 14 valence electrons. The molecule has 0 fully saturated rings. The van der Waals surface area contributed by atoms with E-state index in [0.29, 0.717) is 0 Å². The summed E-state index contributed by atoms with van der Waals surface area (Å²) in [6.07, 6.45) is 0. The summed E-state index contributed by atoms with van der Waals surface area (Å²) in [4.78, 5) is 0. The van der Waals surface area contributed by atoms with Gasteiger partial charge in [0, 0.05) is 19.5 Å². The fraction of sp³-hybridized carbons (Fsp3) is 0. The molecule has 0 saturated heterocycles. The monoisotopic (exact) mass is 128 g/mol. The minimum absolute atomic E-state index is 0. The van der Waals surface area contributed by atoms with Crippen LogP contribution >= 0.6 is 0 Å². The number of hydrogen-bond donors (Lipinski definition) is 0. The van der Waals surface area contributed by atoms with Gasteiger partial charge in [-0.3, -0.25) is 0 Å². The molecule has 0 aromatic rings. The Hall–Kier alpha value is 2.45. The first-order valence-electron chi connectivity index (χ1n) is 0. The summed E-state index contributed by atoms with van der Waals surface area (Å²) < 4.78 is 0. The van der Waals surface area contributed by atoms with Gasteiger partial charge in [0.05, 0.1) is 8.41 Å². The molecule has 0 bridgehead atoms. The van der Waals surface area contributed by atoms with Crippen molar-refractivity contribution in [3.63, 3.8) is 0 Å². The molecule has 0 amide bonds. The van der Waals surface area contributed by atoms with Crippen LogP contribution in [-0.4, -0.2) is 61.0 Å². The predicted molar refractivity (Wildman–Crippen MR) is 25.6 cm³/mol. The van der Waals surface area contributed by atoms with Crippen LogP contribution in [0.5, 0.6) is 0 Å². The third kappa shape index (κ3) is 8.82. The van der Waals surface area contributed by atoms with Gasteiger partial charge in [-0.2, -0.15) is 0 Å². The van der Waals surface area contributed by atoms with E-state index in [1.807, 2.05) is 0 Å². The predicted octanol–water partition coefficient (Wildman–Crippen LogP) is -2.75. The first kappa shape index (κ1) is 31.9. The molecule has 0 spiro atoms. The minimum Gasteiger partial charge on any atom is 0 e. The molecule has 0 atom stereocenters. The van der Waals surface area contributed by atoms with Crippen LogP contribution in [0, 0.1) is 0 Å². The molecular weight excluding hydrogens is 123 g/mol. The molecule has 0 N–H and O–H groups in total. The summed E-state index contributed by atoms with van der Waals surface area (Å²) in [5.41, 5.74) is 0. The number of rotatable bonds is 0.